The standard InChI is InChI=1S/C26H25Br2N3O6/c1-15-5-7-19(8-6-15)29-14-23(32)31-30-13-17-9-18(27)12-20(28)24(17)37-26(33)16-10-21(34-2)25(36-4)22(11-16)35-3/h5-13,29H,14H2,1-4H3,(H,31,32). The summed E-state index contributed by atoms with van der Waals surface area (Å²) < 4.78 is 22.8. The molecule has 0 unspecified atom stereocenters. The van der Waals surface area contributed by atoms with E-state index in [4.69, 9.17) is 18.9 Å². The first-order valence-corrected chi connectivity index (χ1v) is 12.5. The van der Waals surface area contributed by atoms with Gasteiger partial charge in [0, 0.05) is 15.7 Å². The lowest BCUT2D eigenvalue weighted by Crippen LogP contribution is -2.25. The number of esters is 1. The zero-order chi connectivity index (χ0) is 26.9. The van der Waals surface area contributed by atoms with Crippen molar-refractivity contribution in [2.75, 3.05) is 33.2 Å². The Balaban J connectivity index is 1.75. The number of hydrogen-bond acceptors (Lipinski definition) is 8. The Morgan fingerprint density at radius 3 is 2.16 bits per heavy atom. The minimum Gasteiger partial charge on any atom is -0.493 e. The molecule has 0 aromatic heterocycles. The van der Waals surface area contributed by atoms with Crippen LogP contribution >= 0.6 is 31.9 Å². The van der Waals surface area contributed by atoms with Crippen LogP contribution in [0.2, 0.25) is 0 Å². The molecule has 0 aliphatic rings. The topological polar surface area (TPSA) is 107 Å². The number of carbonyl (C=O) groups is 2. The van der Waals surface area contributed by atoms with E-state index in [-0.39, 0.29) is 23.8 Å². The molecule has 0 bridgehead atoms. The van der Waals surface area contributed by atoms with Crippen molar-refractivity contribution in [3.63, 3.8) is 0 Å². The van der Waals surface area contributed by atoms with Crippen LogP contribution in [0.4, 0.5) is 5.69 Å². The normalized spacial score (nSPS) is 10.6. The van der Waals surface area contributed by atoms with Gasteiger partial charge in [0.2, 0.25) is 5.75 Å². The number of rotatable bonds is 10. The van der Waals surface area contributed by atoms with E-state index >= 15 is 0 Å². The first-order chi connectivity index (χ1) is 17.7. The Bertz CT molecular complexity index is 1290. The van der Waals surface area contributed by atoms with Crippen LogP contribution in [-0.4, -0.2) is 46.0 Å². The van der Waals surface area contributed by atoms with Gasteiger partial charge < -0.3 is 24.3 Å². The van der Waals surface area contributed by atoms with Gasteiger partial charge in [-0.3, -0.25) is 4.79 Å². The van der Waals surface area contributed by atoms with Crippen LogP contribution in [0.15, 0.2) is 62.6 Å². The molecule has 194 valence electrons. The number of aryl methyl sites for hydroxylation is 1. The van der Waals surface area contributed by atoms with Crippen molar-refractivity contribution in [3.05, 3.63) is 74.2 Å². The maximum atomic E-state index is 13.0. The smallest absolute Gasteiger partial charge is 0.343 e. The van der Waals surface area contributed by atoms with Crippen molar-refractivity contribution in [3.8, 4) is 23.0 Å². The number of hydrazone groups is 1. The van der Waals surface area contributed by atoms with E-state index in [1.165, 1.54) is 39.7 Å². The van der Waals surface area contributed by atoms with Crippen LogP contribution in [0.5, 0.6) is 23.0 Å². The third-order valence-electron chi connectivity index (χ3n) is 5.03. The van der Waals surface area contributed by atoms with Gasteiger partial charge in [-0.05, 0) is 59.3 Å². The van der Waals surface area contributed by atoms with E-state index in [2.05, 4.69) is 47.7 Å². The summed E-state index contributed by atoms with van der Waals surface area (Å²) in [5.41, 5.74) is 5.03. The zero-order valence-corrected chi connectivity index (χ0v) is 23.7. The second kappa shape index (κ2) is 13.1. The third-order valence-corrected chi connectivity index (χ3v) is 6.08. The van der Waals surface area contributed by atoms with Gasteiger partial charge in [-0.25, -0.2) is 10.2 Å². The number of nitrogens with one attached hydrogen (secondary N) is 2. The lowest BCUT2D eigenvalue weighted by molar-refractivity contribution is -0.119. The Hall–Kier alpha value is -3.57. The number of methoxy groups -OCH3 is 3. The van der Waals surface area contributed by atoms with Crippen molar-refractivity contribution in [1.29, 1.82) is 0 Å². The van der Waals surface area contributed by atoms with Crippen LogP contribution in [0.1, 0.15) is 21.5 Å². The number of hydrogen-bond donors (Lipinski definition) is 2. The van der Waals surface area contributed by atoms with Crippen LogP contribution in [0, 0.1) is 6.92 Å². The molecule has 0 atom stereocenters. The largest absolute Gasteiger partial charge is 0.493 e. The molecule has 0 heterocycles. The van der Waals surface area contributed by atoms with Crippen molar-refractivity contribution < 1.29 is 28.5 Å². The van der Waals surface area contributed by atoms with E-state index in [1.807, 2.05) is 31.2 Å². The Morgan fingerprint density at radius 1 is 0.919 bits per heavy atom. The highest BCUT2D eigenvalue weighted by Crippen LogP contribution is 2.39. The van der Waals surface area contributed by atoms with Gasteiger partial charge in [-0.2, -0.15) is 5.10 Å². The van der Waals surface area contributed by atoms with E-state index < -0.39 is 5.97 Å². The predicted molar refractivity (Wildman–Crippen MR) is 148 cm³/mol. The fourth-order valence-corrected chi connectivity index (χ4v) is 4.54. The molecule has 37 heavy (non-hydrogen) atoms. The molecular weight excluding hydrogens is 610 g/mol. The number of nitrogens with zero attached hydrogens (tertiary/aromatic N) is 1. The number of benzene rings is 3. The fourth-order valence-electron chi connectivity index (χ4n) is 3.20. The second-order valence-corrected chi connectivity index (χ2v) is 9.39. The van der Waals surface area contributed by atoms with Crippen molar-refractivity contribution in [2.45, 2.75) is 6.92 Å². The summed E-state index contributed by atoms with van der Waals surface area (Å²) in [6.45, 7) is 2.02. The van der Waals surface area contributed by atoms with Crippen molar-refractivity contribution in [1.82, 2.24) is 5.43 Å². The summed E-state index contributed by atoms with van der Waals surface area (Å²) in [7, 11) is 4.38. The average Bonchev–Trinajstić information content (AvgIpc) is 2.89. The van der Waals surface area contributed by atoms with Crippen molar-refractivity contribution >= 4 is 55.6 Å². The van der Waals surface area contributed by atoms with Gasteiger partial charge in [0.1, 0.15) is 0 Å². The van der Waals surface area contributed by atoms with E-state index in [0.717, 1.165) is 11.3 Å². The molecule has 9 nitrogen and oxygen atoms in total. The first-order valence-electron chi connectivity index (χ1n) is 10.9. The Kier molecular flexibility index (Phi) is 9.93. The highest BCUT2D eigenvalue weighted by Gasteiger charge is 2.20. The molecule has 0 aliphatic heterocycles. The molecule has 0 saturated carbocycles. The maximum absolute atomic E-state index is 13.0. The molecule has 0 aliphatic carbocycles. The molecule has 1 amide bonds. The van der Waals surface area contributed by atoms with E-state index in [0.29, 0.717) is 31.8 Å². The molecule has 2 N–H and O–H groups in total. The van der Waals surface area contributed by atoms with Gasteiger partial charge in [0.25, 0.3) is 5.91 Å². The molecule has 3 aromatic carbocycles. The minimum absolute atomic E-state index is 0.0333. The van der Waals surface area contributed by atoms with Gasteiger partial charge in [-0.15, -0.1) is 0 Å². The SMILES string of the molecule is COc1cc(C(=O)Oc2c(Br)cc(Br)cc2C=NNC(=O)CNc2ccc(C)cc2)cc(OC)c1OC. The van der Waals surface area contributed by atoms with E-state index in [1.54, 1.807) is 12.1 Å². The summed E-state index contributed by atoms with van der Waals surface area (Å²) >= 11 is 6.83. The number of anilines is 1. The third kappa shape index (κ3) is 7.46. The monoisotopic (exact) mass is 633 g/mol. The quantitative estimate of drug-likeness (QED) is 0.134. The number of amides is 1. The number of halogens is 2. The first kappa shape index (κ1) is 28.0. The number of ether oxygens (including phenoxy) is 4. The summed E-state index contributed by atoms with van der Waals surface area (Å²) in [5.74, 6) is 0.175. The predicted octanol–water partition coefficient (Wildman–Crippen LogP) is 5.33. The average molecular weight is 635 g/mol. The molecule has 3 aromatic rings. The summed E-state index contributed by atoms with van der Waals surface area (Å²) in [6.07, 6.45) is 1.39. The maximum Gasteiger partial charge on any atom is 0.343 e. The highest BCUT2D eigenvalue weighted by atomic mass is 79.9. The molecule has 0 saturated heterocycles. The van der Waals surface area contributed by atoms with Crippen LogP contribution in [-0.2, 0) is 4.79 Å². The van der Waals surface area contributed by atoms with Crippen molar-refractivity contribution in [2.24, 2.45) is 5.10 Å². The fraction of sp³-hybridized carbons (Fsp3) is 0.192. The molecule has 3 rings (SSSR count). The highest BCUT2D eigenvalue weighted by molar-refractivity contribution is 9.11. The van der Waals surface area contributed by atoms with Crippen LogP contribution in [0.25, 0.3) is 0 Å². The van der Waals surface area contributed by atoms with Crippen LogP contribution in [0.3, 0.4) is 0 Å². The van der Waals surface area contributed by atoms with Crippen LogP contribution < -0.4 is 29.7 Å². The summed E-state index contributed by atoms with van der Waals surface area (Å²) in [4.78, 5) is 25.2. The number of carbonyl (C=O) groups excluding carboxylic acids is 2. The zero-order valence-electron chi connectivity index (χ0n) is 20.6. The van der Waals surface area contributed by atoms with Gasteiger partial charge >= 0.3 is 5.97 Å². The summed E-state index contributed by atoms with van der Waals surface area (Å²) in [6, 6.07) is 14.1. The lowest BCUT2D eigenvalue weighted by Gasteiger charge is -2.15. The van der Waals surface area contributed by atoms with Gasteiger partial charge in [-0.1, -0.05) is 33.6 Å². The lowest BCUT2D eigenvalue weighted by atomic mass is 10.1. The molecule has 0 spiro atoms. The van der Waals surface area contributed by atoms with Gasteiger partial charge in [0.05, 0.1) is 44.1 Å². The molecule has 0 fully saturated rings. The van der Waals surface area contributed by atoms with Gasteiger partial charge in [0.15, 0.2) is 17.2 Å². The molecule has 11 heteroatoms. The Morgan fingerprint density at radius 2 is 1.57 bits per heavy atom. The minimum atomic E-state index is -0.664. The summed E-state index contributed by atoms with van der Waals surface area (Å²) in [5, 5.41) is 7.04. The molecular formula is C26H25Br2N3O6. The van der Waals surface area contributed by atoms with E-state index in [9.17, 15) is 9.59 Å². The molecule has 0 radical (unpaired) electrons. The second-order valence-electron chi connectivity index (χ2n) is 7.62. The Labute approximate surface area is 231 Å².